The van der Waals surface area contributed by atoms with Gasteiger partial charge in [0.25, 0.3) is 0 Å². The van der Waals surface area contributed by atoms with E-state index >= 15 is 0 Å². The van der Waals surface area contributed by atoms with Gasteiger partial charge in [0.2, 0.25) is 0 Å². The van der Waals surface area contributed by atoms with E-state index in [-0.39, 0.29) is 5.54 Å². The predicted molar refractivity (Wildman–Crippen MR) is 111 cm³/mol. The van der Waals surface area contributed by atoms with E-state index in [1.54, 1.807) is 0 Å². The van der Waals surface area contributed by atoms with Crippen LogP contribution in [0.1, 0.15) is 56.1 Å². The maximum atomic E-state index is 6.26. The van der Waals surface area contributed by atoms with E-state index in [1.807, 2.05) is 7.11 Å². The molecule has 2 fully saturated rings. The first kappa shape index (κ1) is 18.8. The Morgan fingerprint density at radius 1 is 1.19 bits per heavy atom. The fraction of sp³-hybridized carbons (Fsp3) is 0.682. The van der Waals surface area contributed by atoms with Crippen LogP contribution < -0.4 is 11.1 Å². The van der Waals surface area contributed by atoms with Crippen LogP contribution in [0.4, 0.5) is 5.69 Å². The Balaban J connectivity index is 1.40. The van der Waals surface area contributed by atoms with Gasteiger partial charge >= 0.3 is 0 Å². The molecular formula is C22H34N4O. The largest absolute Gasteiger partial charge is 0.381 e. The van der Waals surface area contributed by atoms with E-state index in [0.717, 1.165) is 38.2 Å². The molecule has 1 saturated carbocycles. The number of guanidine groups is 1. The maximum absolute atomic E-state index is 6.26. The molecule has 0 spiro atoms. The number of nitrogens with one attached hydrogen (secondary N) is 1. The highest BCUT2D eigenvalue weighted by Gasteiger charge is 2.40. The number of ether oxygens (including phenoxy) is 1. The molecule has 1 saturated heterocycles. The Bertz CT molecular complexity index is 673. The van der Waals surface area contributed by atoms with Crippen molar-refractivity contribution in [2.24, 2.45) is 10.7 Å². The smallest absolute Gasteiger partial charge is 0.193 e. The molecule has 4 rings (SSSR count). The number of fused-ring (bicyclic) bond motifs is 1. The molecule has 5 heteroatoms. The fourth-order valence-corrected chi connectivity index (χ4v) is 5.24. The molecule has 0 atom stereocenters. The highest BCUT2D eigenvalue weighted by Crippen LogP contribution is 2.37. The number of hydrogen-bond acceptors (Lipinski definition) is 3. The summed E-state index contributed by atoms with van der Waals surface area (Å²) in [6.07, 6.45) is 11.4. The summed E-state index contributed by atoms with van der Waals surface area (Å²) in [4.78, 5) is 7.46. The van der Waals surface area contributed by atoms with Gasteiger partial charge in [0.15, 0.2) is 5.96 Å². The standard InChI is InChI=1S/C22H34N4O/c1-27-20-9-13-26(14-10-20)22(11-2-3-12-22)16-24-21(23)25-19-8-7-17-5-4-6-18(17)15-19/h7-8,15,20H,2-6,9-14,16H2,1H3,(H3,23,24,25). The number of aryl methyl sites for hydroxylation is 2. The molecule has 3 aliphatic rings. The average Bonchev–Trinajstić information content (AvgIpc) is 3.36. The Labute approximate surface area is 163 Å². The number of nitrogens with two attached hydrogens (primary N) is 1. The first-order valence-corrected chi connectivity index (χ1v) is 10.7. The number of benzene rings is 1. The van der Waals surface area contributed by atoms with Crippen LogP contribution in [0.3, 0.4) is 0 Å². The molecule has 0 radical (unpaired) electrons. The van der Waals surface area contributed by atoms with Gasteiger partial charge in [-0.1, -0.05) is 18.9 Å². The first-order valence-electron chi connectivity index (χ1n) is 10.7. The monoisotopic (exact) mass is 370 g/mol. The highest BCUT2D eigenvalue weighted by atomic mass is 16.5. The number of anilines is 1. The summed E-state index contributed by atoms with van der Waals surface area (Å²) in [7, 11) is 1.83. The summed E-state index contributed by atoms with van der Waals surface area (Å²) in [6.45, 7) is 3.03. The molecule has 1 heterocycles. The topological polar surface area (TPSA) is 62.9 Å². The molecule has 0 bridgehead atoms. The Kier molecular flexibility index (Phi) is 5.69. The first-order chi connectivity index (χ1) is 13.2. The second-order valence-electron chi connectivity index (χ2n) is 8.52. The molecule has 148 valence electrons. The number of piperidine rings is 1. The van der Waals surface area contributed by atoms with E-state index in [4.69, 9.17) is 15.5 Å². The lowest BCUT2D eigenvalue weighted by atomic mass is 9.91. The maximum Gasteiger partial charge on any atom is 0.193 e. The van der Waals surface area contributed by atoms with Crippen molar-refractivity contribution in [2.45, 2.75) is 69.4 Å². The van der Waals surface area contributed by atoms with E-state index in [9.17, 15) is 0 Å². The minimum absolute atomic E-state index is 0.197. The van der Waals surface area contributed by atoms with E-state index in [2.05, 4.69) is 28.4 Å². The molecule has 0 amide bonds. The lowest BCUT2D eigenvalue weighted by molar-refractivity contribution is -0.0000293. The second kappa shape index (κ2) is 8.19. The number of methoxy groups -OCH3 is 1. The van der Waals surface area contributed by atoms with Crippen LogP contribution in [0.25, 0.3) is 0 Å². The van der Waals surface area contributed by atoms with E-state index in [1.165, 1.54) is 56.1 Å². The molecule has 0 unspecified atom stereocenters. The summed E-state index contributed by atoms with van der Waals surface area (Å²) >= 11 is 0. The van der Waals surface area contributed by atoms with Crippen molar-refractivity contribution in [3.8, 4) is 0 Å². The lowest BCUT2D eigenvalue weighted by Crippen LogP contribution is -2.53. The predicted octanol–water partition coefficient (Wildman–Crippen LogP) is 3.33. The SMILES string of the molecule is COC1CCN(C2(CN=C(N)Nc3ccc4c(c3)CCC4)CCCC2)CC1. The van der Waals surface area contributed by atoms with Gasteiger partial charge in [0, 0.05) is 31.4 Å². The Morgan fingerprint density at radius 2 is 1.93 bits per heavy atom. The van der Waals surface area contributed by atoms with Crippen molar-refractivity contribution in [1.82, 2.24) is 4.90 Å². The summed E-state index contributed by atoms with van der Waals surface area (Å²) in [5.41, 5.74) is 10.5. The van der Waals surface area contributed by atoms with Crippen LogP contribution in [0.5, 0.6) is 0 Å². The molecule has 0 aromatic heterocycles. The molecule has 1 aliphatic heterocycles. The van der Waals surface area contributed by atoms with Crippen LogP contribution in [-0.4, -0.2) is 49.2 Å². The lowest BCUT2D eigenvalue weighted by Gasteiger charge is -2.44. The Hall–Kier alpha value is -1.59. The molecule has 27 heavy (non-hydrogen) atoms. The van der Waals surface area contributed by atoms with Crippen molar-refractivity contribution in [3.63, 3.8) is 0 Å². The third-order valence-corrected chi connectivity index (χ3v) is 6.90. The number of aliphatic imine (C=N–C) groups is 1. The number of nitrogens with zero attached hydrogens (tertiary/aromatic N) is 2. The van der Waals surface area contributed by atoms with Gasteiger partial charge in [0.1, 0.15) is 0 Å². The minimum Gasteiger partial charge on any atom is -0.381 e. The molecule has 5 nitrogen and oxygen atoms in total. The average molecular weight is 371 g/mol. The van der Waals surface area contributed by atoms with Crippen LogP contribution >= 0.6 is 0 Å². The molecule has 1 aromatic carbocycles. The Morgan fingerprint density at radius 3 is 2.67 bits per heavy atom. The van der Waals surface area contributed by atoms with Crippen molar-refractivity contribution < 1.29 is 4.74 Å². The van der Waals surface area contributed by atoms with Crippen LogP contribution in [0.15, 0.2) is 23.2 Å². The van der Waals surface area contributed by atoms with Gasteiger partial charge in [0.05, 0.1) is 12.6 Å². The molecular weight excluding hydrogens is 336 g/mol. The zero-order valence-corrected chi connectivity index (χ0v) is 16.7. The van der Waals surface area contributed by atoms with Crippen LogP contribution in [0.2, 0.25) is 0 Å². The van der Waals surface area contributed by atoms with Crippen LogP contribution in [-0.2, 0) is 17.6 Å². The van der Waals surface area contributed by atoms with Gasteiger partial charge in [-0.15, -0.1) is 0 Å². The van der Waals surface area contributed by atoms with Gasteiger partial charge in [-0.3, -0.25) is 9.89 Å². The van der Waals surface area contributed by atoms with Gasteiger partial charge < -0.3 is 15.8 Å². The van der Waals surface area contributed by atoms with Crippen molar-refractivity contribution in [1.29, 1.82) is 0 Å². The third kappa shape index (κ3) is 4.14. The van der Waals surface area contributed by atoms with Gasteiger partial charge in [-0.25, -0.2) is 0 Å². The molecule has 2 aliphatic carbocycles. The number of rotatable bonds is 5. The molecule has 3 N–H and O–H groups in total. The zero-order chi connectivity index (χ0) is 18.7. The van der Waals surface area contributed by atoms with E-state index < -0.39 is 0 Å². The highest BCUT2D eigenvalue weighted by molar-refractivity contribution is 5.92. The second-order valence-corrected chi connectivity index (χ2v) is 8.52. The molecule has 1 aromatic rings. The van der Waals surface area contributed by atoms with E-state index in [0.29, 0.717) is 12.1 Å². The number of likely N-dealkylation sites (tertiary alicyclic amines) is 1. The summed E-state index contributed by atoms with van der Waals surface area (Å²) < 4.78 is 5.55. The third-order valence-electron chi connectivity index (χ3n) is 6.90. The summed E-state index contributed by atoms with van der Waals surface area (Å²) in [5, 5.41) is 3.32. The van der Waals surface area contributed by atoms with Crippen molar-refractivity contribution in [2.75, 3.05) is 32.1 Å². The quantitative estimate of drug-likeness (QED) is 0.616. The normalized spacial score (nSPS) is 23.5. The summed E-state index contributed by atoms with van der Waals surface area (Å²) in [5.74, 6) is 0.547. The van der Waals surface area contributed by atoms with Crippen molar-refractivity contribution >= 4 is 11.6 Å². The fourth-order valence-electron chi connectivity index (χ4n) is 5.24. The summed E-state index contributed by atoms with van der Waals surface area (Å²) in [6, 6.07) is 6.61. The number of hydrogen-bond donors (Lipinski definition) is 2. The van der Waals surface area contributed by atoms with Gasteiger partial charge in [-0.05, 0) is 68.2 Å². The van der Waals surface area contributed by atoms with Crippen LogP contribution in [0, 0.1) is 0 Å². The van der Waals surface area contributed by atoms with Gasteiger partial charge in [-0.2, -0.15) is 0 Å². The van der Waals surface area contributed by atoms with Crippen molar-refractivity contribution in [3.05, 3.63) is 29.3 Å². The zero-order valence-electron chi connectivity index (χ0n) is 16.7. The minimum atomic E-state index is 0.197.